The van der Waals surface area contributed by atoms with E-state index in [1.54, 1.807) is 6.07 Å². The van der Waals surface area contributed by atoms with Gasteiger partial charge in [0.15, 0.2) is 0 Å². The van der Waals surface area contributed by atoms with Crippen LogP contribution in [0.2, 0.25) is 0 Å². The molecule has 0 aliphatic heterocycles. The number of nitro groups is 1. The summed E-state index contributed by atoms with van der Waals surface area (Å²) in [5.74, 6) is 0.546. The SMILES string of the molecule is CCNc1nc(OC)nc(Oc2cccc([N+](=O)[O-])c2)n1. The molecule has 0 atom stereocenters. The van der Waals surface area contributed by atoms with Gasteiger partial charge in [-0.15, -0.1) is 4.98 Å². The van der Waals surface area contributed by atoms with Crippen LogP contribution < -0.4 is 14.8 Å². The highest BCUT2D eigenvalue weighted by molar-refractivity contribution is 5.39. The standard InChI is InChI=1S/C12H13N5O4/c1-3-13-10-14-11(20-2)16-12(15-10)21-9-6-4-5-8(7-9)17(18)19/h4-7H,3H2,1-2H3,(H,13,14,15,16). The molecule has 2 aromatic rings. The Morgan fingerprint density at radius 1 is 1.29 bits per heavy atom. The van der Waals surface area contributed by atoms with E-state index < -0.39 is 4.92 Å². The molecule has 0 spiro atoms. The third-order valence-electron chi connectivity index (χ3n) is 2.35. The Morgan fingerprint density at radius 2 is 2.05 bits per heavy atom. The number of nitrogens with zero attached hydrogens (tertiary/aromatic N) is 4. The predicted octanol–water partition coefficient (Wildman–Crippen LogP) is 2.01. The lowest BCUT2D eigenvalue weighted by Gasteiger charge is -2.07. The number of aromatic nitrogens is 3. The van der Waals surface area contributed by atoms with Gasteiger partial charge in [0.05, 0.1) is 18.1 Å². The summed E-state index contributed by atoms with van der Waals surface area (Å²) in [7, 11) is 1.42. The van der Waals surface area contributed by atoms with E-state index in [-0.39, 0.29) is 23.5 Å². The number of methoxy groups -OCH3 is 1. The van der Waals surface area contributed by atoms with E-state index in [1.165, 1.54) is 25.3 Å². The van der Waals surface area contributed by atoms with Crippen molar-refractivity contribution in [2.75, 3.05) is 19.0 Å². The highest BCUT2D eigenvalue weighted by Crippen LogP contribution is 2.24. The summed E-state index contributed by atoms with van der Waals surface area (Å²) in [6.07, 6.45) is 0. The first-order valence-corrected chi connectivity index (χ1v) is 6.08. The summed E-state index contributed by atoms with van der Waals surface area (Å²) in [6.45, 7) is 2.50. The minimum atomic E-state index is -0.509. The van der Waals surface area contributed by atoms with Crippen molar-refractivity contribution in [3.8, 4) is 17.8 Å². The lowest BCUT2D eigenvalue weighted by Crippen LogP contribution is -2.06. The molecule has 9 nitrogen and oxygen atoms in total. The van der Waals surface area contributed by atoms with Gasteiger partial charge in [0.1, 0.15) is 5.75 Å². The topological polar surface area (TPSA) is 112 Å². The van der Waals surface area contributed by atoms with Crippen LogP contribution in [0.3, 0.4) is 0 Å². The Hall–Kier alpha value is -2.97. The summed E-state index contributed by atoms with van der Waals surface area (Å²) in [4.78, 5) is 22.2. The summed E-state index contributed by atoms with van der Waals surface area (Å²) >= 11 is 0. The van der Waals surface area contributed by atoms with Crippen LogP contribution >= 0.6 is 0 Å². The molecule has 0 fully saturated rings. The smallest absolute Gasteiger partial charge is 0.330 e. The average molecular weight is 291 g/mol. The lowest BCUT2D eigenvalue weighted by atomic mass is 10.3. The van der Waals surface area contributed by atoms with E-state index in [2.05, 4.69) is 20.3 Å². The largest absolute Gasteiger partial charge is 0.467 e. The van der Waals surface area contributed by atoms with Crippen molar-refractivity contribution in [2.45, 2.75) is 6.92 Å². The van der Waals surface area contributed by atoms with Crippen molar-refractivity contribution in [3.63, 3.8) is 0 Å². The molecule has 0 bridgehead atoms. The summed E-state index contributed by atoms with van der Waals surface area (Å²) in [5.41, 5.74) is -0.0829. The van der Waals surface area contributed by atoms with Crippen LogP contribution in [0.25, 0.3) is 0 Å². The molecule has 9 heteroatoms. The number of rotatable bonds is 6. The van der Waals surface area contributed by atoms with E-state index in [1.807, 2.05) is 6.92 Å². The van der Waals surface area contributed by atoms with Gasteiger partial charge in [0.25, 0.3) is 5.69 Å². The van der Waals surface area contributed by atoms with Gasteiger partial charge in [-0.3, -0.25) is 10.1 Å². The highest BCUT2D eigenvalue weighted by atomic mass is 16.6. The van der Waals surface area contributed by atoms with Crippen molar-refractivity contribution in [1.29, 1.82) is 0 Å². The van der Waals surface area contributed by atoms with Gasteiger partial charge < -0.3 is 14.8 Å². The summed E-state index contributed by atoms with van der Waals surface area (Å²) in [5, 5.41) is 13.6. The Balaban J connectivity index is 2.27. The quantitative estimate of drug-likeness (QED) is 0.635. The van der Waals surface area contributed by atoms with Crippen molar-refractivity contribution in [1.82, 2.24) is 15.0 Å². The van der Waals surface area contributed by atoms with Gasteiger partial charge in [0, 0.05) is 12.6 Å². The molecular formula is C12H13N5O4. The Morgan fingerprint density at radius 3 is 2.71 bits per heavy atom. The van der Waals surface area contributed by atoms with Crippen LogP contribution in [0, 0.1) is 10.1 Å². The van der Waals surface area contributed by atoms with Crippen molar-refractivity contribution in [3.05, 3.63) is 34.4 Å². The molecule has 1 aromatic carbocycles. The number of nitrogens with one attached hydrogen (secondary N) is 1. The predicted molar refractivity (Wildman–Crippen MR) is 73.7 cm³/mol. The fourth-order valence-corrected chi connectivity index (χ4v) is 1.48. The van der Waals surface area contributed by atoms with Crippen molar-refractivity contribution in [2.24, 2.45) is 0 Å². The molecular weight excluding hydrogens is 278 g/mol. The molecule has 0 aliphatic carbocycles. The monoisotopic (exact) mass is 291 g/mol. The normalized spacial score (nSPS) is 10.0. The average Bonchev–Trinajstić information content (AvgIpc) is 2.47. The third kappa shape index (κ3) is 3.75. The number of benzene rings is 1. The maximum Gasteiger partial charge on any atom is 0.330 e. The van der Waals surface area contributed by atoms with Crippen LogP contribution in [0.4, 0.5) is 11.6 Å². The van der Waals surface area contributed by atoms with Crippen LogP contribution in [-0.2, 0) is 0 Å². The van der Waals surface area contributed by atoms with Gasteiger partial charge in [-0.2, -0.15) is 9.97 Å². The van der Waals surface area contributed by atoms with E-state index >= 15 is 0 Å². The molecule has 1 N–H and O–H groups in total. The van der Waals surface area contributed by atoms with Gasteiger partial charge in [-0.1, -0.05) is 6.07 Å². The van der Waals surface area contributed by atoms with E-state index in [0.29, 0.717) is 12.5 Å². The Kier molecular flexibility index (Phi) is 4.44. The second-order valence-corrected chi connectivity index (χ2v) is 3.82. The second kappa shape index (κ2) is 6.46. The zero-order valence-electron chi connectivity index (χ0n) is 11.4. The third-order valence-corrected chi connectivity index (χ3v) is 2.35. The van der Waals surface area contributed by atoms with Crippen LogP contribution in [0.1, 0.15) is 6.92 Å². The fourth-order valence-electron chi connectivity index (χ4n) is 1.48. The number of non-ortho nitro benzene ring substituents is 1. The highest BCUT2D eigenvalue weighted by Gasteiger charge is 2.11. The minimum Gasteiger partial charge on any atom is -0.467 e. The van der Waals surface area contributed by atoms with Gasteiger partial charge in [-0.25, -0.2) is 0 Å². The first-order valence-electron chi connectivity index (χ1n) is 6.08. The molecule has 0 amide bonds. The maximum absolute atomic E-state index is 10.7. The van der Waals surface area contributed by atoms with Crippen LogP contribution in [0.5, 0.6) is 17.8 Å². The van der Waals surface area contributed by atoms with E-state index in [0.717, 1.165) is 0 Å². The molecule has 2 rings (SSSR count). The summed E-state index contributed by atoms with van der Waals surface area (Å²) in [6, 6.07) is 5.79. The Bertz CT molecular complexity index is 649. The van der Waals surface area contributed by atoms with E-state index in [4.69, 9.17) is 9.47 Å². The fraction of sp³-hybridized carbons (Fsp3) is 0.250. The minimum absolute atomic E-state index is 0.0155. The van der Waals surface area contributed by atoms with Gasteiger partial charge in [0.2, 0.25) is 5.95 Å². The molecule has 0 radical (unpaired) electrons. The van der Waals surface area contributed by atoms with Gasteiger partial charge >= 0.3 is 12.0 Å². The van der Waals surface area contributed by atoms with Crippen molar-refractivity contribution >= 4 is 11.6 Å². The molecule has 0 saturated heterocycles. The first kappa shape index (κ1) is 14.4. The number of hydrogen-bond donors (Lipinski definition) is 1. The van der Waals surface area contributed by atoms with Crippen LogP contribution in [0.15, 0.2) is 24.3 Å². The zero-order chi connectivity index (χ0) is 15.2. The summed E-state index contributed by atoms with van der Waals surface area (Å²) < 4.78 is 10.4. The molecule has 1 aromatic heterocycles. The molecule has 0 unspecified atom stereocenters. The maximum atomic E-state index is 10.7. The van der Waals surface area contributed by atoms with E-state index in [9.17, 15) is 10.1 Å². The van der Waals surface area contributed by atoms with Crippen molar-refractivity contribution < 1.29 is 14.4 Å². The number of hydrogen-bond acceptors (Lipinski definition) is 8. The molecule has 0 aliphatic rings. The number of ether oxygens (including phenoxy) is 2. The molecule has 1 heterocycles. The molecule has 0 saturated carbocycles. The zero-order valence-corrected chi connectivity index (χ0v) is 11.4. The number of nitro benzene ring substituents is 1. The van der Waals surface area contributed by atoms with Crippen LogP contribution in [-0.4, -0.2) is 33.5 Å². The lowest BCUT2D eigenvalue weighted by molar-refractivity contribution is -0.384. The molecule has 110 valence electrons. The Labute approximate surface area is 120 Å². The number of anilines is 1. The van der Waals surface area contributed by atoms with Gasteiger partial charge in [-0.05, 0) is 13.0 Å². The second-order valence-electron chi connectivity index (χ2n) is 3.82. The first-order chi connectivity index (χ1) is 10.1. The molecule has 21 heavy (non-hydrogen) atoms.